The van der Waals surface area contributed by atoms with E-state index in [1.165, 1.54) is 11.1 Å². The smallest absolute Gasteiger partial charge is 0.317 e. The second-order valence-corrected chi connectivity index (χ2v) is 7.04. The number of nitrogens with one attached hydrogen (secondary N) is 1. The molecule has 0 radical (unpaired) electrons. The largest absolute Gasteiger partial charge is 0.377 e. The van der Waals surface area contributed by atoms with E-state index in [9.17, 15) is 4.79 Å². The number of carbonyl (C=O) groups excluding carboxylic acids is 1. The lowest BCUT2D eigenvalue weighted by Gasteiger charge is -2.41. The maximum Gasteiger partial charge on any atom is 0.317 e. The quantitative estimate of drug-likeness (QED) is 0.930. The van der Waals surface area contributed by atoms with Crippen LogP contribution in [0.1, 0.15) is 31.4 Å². The summed E-state index contributed by atoms with van der Waals surface area (Å²) in [6.07, 6.45) is 1.96. The number of morpholine rings is 1. The van der Waals surface area contributed by atoms with Crippen molar-refractivity contribution in [3.8, 4) is 0 Å². The van der Waals surface area contributed by atoms with Gasteiger partial charge in [-0.05, 0) is 37.8 Å². The monoisotopic (exact) mass is 318 g/mol. The number of nitrogens with zero attached hydrogens (tertiary/aromatic N) is 1. The zero-order valence-corrected chi connectivity index (χ0v) is 14.2. The van der Waals surface area contributed by atoms with Gasteiger partial charge < -0.3 is 19.7 Å². The predicted molar refractivity (Wildman–Crippen MR) is 88.5 cm³/mol. The molecule has 1 N–H and O–H groups in total. The van der Waals surface area contributed by atoms with Gasteiger partial charge >= 0.3 is 6.03 Å². The van der Waals surface area contributed by atoms with Crippen LogP contribution in [0.25, 0.3) is 0 Å². The van der Waals surface area contributed by atoms with Crippen molar-refractivity contribution in [3.63, 3.8) is 0 Å². The number of benzene rings is 1. The second-order valence-electron chi connectivity index (χ2n) is 7.04. The molecule has 1 heterocycles. The molecular formula is C18H26N2O3. The third-order valence-electron chi connectivity index (χ3n) is 5.00. The summed E-state index contributed by atoms with van der Waals surface area (Å²) in [6, 6.07) is 8.38. The van der Waals surface area contributed by atoms with Crippen LogP contribution in [0.3, 0.4) is 0 Å². The number of fused-ring (bicyclic) bond motifs is 2. The normalized spacial score (nSPS) is 23.9. The Labute approximate surface area is 137 Å². The summed E-state index contributed by atoms with van der Waals surface area (Å²) in [5.74, 6) is 0. The van der Waals surface area contributed by atoms with Crippen LogP contribution in [0.15, 0.2) is 24.3 Å². The first-order chi connectivity index (χ1) is 11.0. The highest BCUT2D eigenvalue weighted by atomic mass is 16.5. The standard InChI is InChI=1S/C18H26N2O3/c1-17(2,22-3)12-19-16(21)20-10-11-23-18(13-20)9-8-14-6-4-5-7-15(14)18/h4-7H,8-13H2,1-3H3,(H,19,21)/t18-/m1/s1. The number of aryl methyl sites for hydroxylation is 1. The molecule has 0 aromatic heterocycles. The molecular weight excluding hydrogens is 292 g/mol. The van der Waals surface area contributed by atoms with E-state index in [0.717, 1.165) is 12.8 Å². The van der Waals surface area contributed by atoms with E-state index in [1.807, 2.05) is 18.7 Å². The van der Waals surface area contributed by atoms with Gasteiger partial charge in [0, 0.05) is 20.2 Å². The number of rotatable bonds is 3. The van der Waals surface area contributed by atoms with Gasteiger partial charge in [-0.3, -0.25) is 0 Å². The van der Waals surface area contributed by atoms with Gasteiger partial charge in [0.2, 0.25) is 0 Å². The van der Waals surface area contributed by atoms with Crippen LogP contribution in [0, 0.1) is 0 Å². The average molecular weight is 318 g/mol. The molecule has 126 valence electrons. The van der Waals surface area contributed by atoms with E-state index >= 15 is 0 Å². The molecule has 1 aliphatic carbocycles. The lowest BCUT2D eigenvalue weighted by atomic mass is 9.94. The van der Waals surface area contributed by atoms with E-state index in [1.54, 1.807) is 7.11 Å². The zero-order chi connectivity index (χ0) is 16.5. The summed E-state index contributed by atoms with van der Waals surface area (Å²) in [4.78, 5) is 14.4. The molecule has 23 heavy (non-hydrogen) atoms. The predicted octanol–water partition coefficient (Wildman–Crippen LogP) is 2.29. The van der Waals surface area contributed by atoms with Gasteiger partial charge in [0.1, 0.15) is 5.60 Å². The van der Waals surface area contributed by atoms with Crippen LogP contribution in [0.2, 0.25) is 0 Å². The Morgan fingerprint density at radius 1 is 1.43 bits per heavy atom. The highest BCUT2D eigenvalue weighted by Gasteiger charge is 2.44. The Kier molecular flexibility index (Phi) is 4.34. The van der Waals surface area contributed by atoms with Gasteiger partial charge in [-0.25, -0.2) is 4.79 Å². The maximum absolute atomic E-state index is 12.5. The maximum atomic E-state index is 12.5. The number of carbonyl (C=O) groups is 1. The fourth-order valence-corrected chi connectivity index (χ4v) is 3.40. The molecule has 0 unspecified atom stereocenters. The lowest BCUT2D eigenvalue weighted by Crippen LogP contribution is -2.55. The van der Waals surface area contributed by atoms with Gasteiger partial charge in [-0.2, -0.15) is 0 Å². The number of amides is 2. The van der Waals surface area contributed by atoms with Crippen LogP contribution in [-0.4, -0.2) is 49.9 Å². The highest BCUT2D eigenvalue weighted by molar-refractivity contribution is 5.74. The zero-order valence-electron chi connectivity index (χ0n) is 14.2. The van der Waals surface area contributed by atoms with E-state index in [2.05, 4.69) is 29.6 Å². The fourth-order valence-electron chi connectivity index (χ4n) is 3.40. The highest BCUT2D eigenvalue weighted by Crippen LogP contribution is 2.42. The molecule has 0 saturated carbocycles. The SMILES string of the molecule is COC(C)(C)CNC(=O)N1CCO[C@]2(CCc3ccccc32)C1. The Morgan fingerprint density at radius 3 is 3.00 bits per heavy atom. The van der Waals surface area contributed by atoms with E-state index in [4.69, 9.17) is 9.47 Å². The molecule has 3 rings (SSSR count). The minimum atomic E-state index is -0.362. The van der Waals surface area contributed by atoms with Crippen molar-refractivity contribution in [2.45, 2.75) is 37.9 Å². The molecule has 0 bridgehead atoms. The molecule has 1 saturated heterocycles. The topological polar surface area (TPSA) is 50.8 Å². The Hall–Kier alpha value is -1.59. The summed E-state index contributed by atoms with van der Waals surface area (Å²) in [7, 11) is 1.66. The Bertz CT molecular complexity index is 583. The van der Waals surface area contributed by atoms with Crippen LogP contribution < -0.4 is 5.32 Å². The number of hydrogen-bond acceptors (Lipinski definition) is 3. The fraction of sp³-hybridized carbons (Fsp3) is 0.611. The van der Waals surface area contributed by atoms with Crippen molar-refractivity contribution in [3.05, 3.63) is 35.4 Å². The molecule has 1 aliphatic heterocycles. The Morgan fingerprint density at radius 2 is 2.22 bits per heavy atom. The first kappa shape index (κ1) is 16.3. The van der Waals surface area contributed by atoms with Crippen LogP contribution in [-0.2, 0) is 21.5 Å². The van der Waals surface area contributed by atoms with Crippen molar-refractivity contribution in [1.82, 2.24) is 10.2 Å². The number of methoxy groups -OCH3 is 1. The molecule has 2 aliphatic rings. The first-order valence-corrected chi connectivity index (χ1v) is 8.26. The number of hydrogen-bond donors (Lipinski definition) is 1. The van der Waals surface area contributed by atoms with Crippen molar-refractivity contribution < 1.29 is 14.3 Å². The van der Waals surface area contributed by atoms with Crippen molar-refractivity contribution in [2.24, 2.45) is 0 Å². The summed E-state index contributed by atoms with van der Waals surface area (Å²) < 4.78 is 11.5. The van der Waals surface area contributed by atoms with E-state index < -0.39 is 0 Å². The van der Waals surface area contributed by atoms with Gasteiger partial charge in [-0.15, -0.1) is 0 Å². The third kappa shape index (κ3) is 3.21. The second kappa shape index (κ2) is 6.13. The molecule has 1 atom stereocenters. The molecule has 2 amide bonds. The summed E-state index contributed by atoms with van der Waals surface area (Å²) in [6.45, 7) is 6.23. The number of ether oxygens (including phenoxy) is 2. The van der Waals surface area contributed by atoms with Gasteiger partial charge in [0.15, 0.2) is 0 Å². The molecule has 1 fully saturated rings. The Balaban J connectivity index is 1.69. The minimum Gasteiger partial charge on any atom is -0.377 e. The van der Waals surface area contributed by atoms with Crippen LogP contribution >= 0.6 is 0 Å². The van der Waals surface area contributed by atoms with Crippen LogP contribution in [0.5, 0.6) is 0 Å². The summed E-state index contributed by atoms with van der Waals surface area (Å²) in [5.41, 5.74) is 1.90. The van der Waals surface area contributed by atoms with E-state index in [-0.39, 0.29) is 17.2 Å². The van der Waals surface area contributed by atoms with Crippen molar-refractivity contribution in [1.29, 1.82) is 0 Å². The van der Waals surface area contributed by atoms with Crippen molar-refractivity contribution in [2.75, 3.05) is 33.4 Å². The number of urea groups is 1. The first-order valence-electron chi connectivity index (χ1n) is 8.26. The van der Waals surface area contributed by atoms with Crippen LogP contribution in [0.4, 0.5) is 4.79 Å². The minimum absolute atomic E-state index is 0.0396. The lowest BCUT2D eigenvalue weighted by molar-refractivity contribution is -0.102. The molecule has 1 spiro atoms. The van der Waals surface area contributed by atoms with Gasteiger partial charge in [-0.1, -0.05) is 24.3 Å². The molecule has 5 nitrogen and oxygen atoms in total. The molecule has 1 aromatic carbocycles. The van der Waals surface area contributed by atoms with Gasteiger partial charge in [0.05, 0.1) is 18.8 Å². The average Bonchev–Trinajstić information content (AvgIpc) is 2.91. The molecule has 5 heteroatoms. The molecule has 1 aromatic rings. The third-order valence-corrected chi connectivity index (χ3v) is 5.00. The van der Waals surface area contributed by atoms with Gasteiger partial charge in [0.25, 0.3) is 0 Å². The summed E-state index contributed by atoms with van der Waals surface area (Å²) >= 11 is 0. The van der Waals surface area contributed by atoms with Crippen molar-refractivity contribution >= 4 is 6.03 Å². The van der Waals surface area contributed by atoms with E-state index in [0.29, 0.717) is 26.2 Å². The summed E-state index contributed by atoms with van der Waals surface area (Å²) in [5, 5.41) is 2.98.